The van der Waals surface area contributed by atoms with Crippen LogP contribution in [0.4, 0.5) is 10.1 Å². The number of rotatable bonds is 8. The number of nitrogens with one attached hydrogen (secondary N) is 1. The summed E-state index contributed by atoms with van der Waals surface area (Å²) in [6.07, 6.45) is 2.02. The number of fused-ring (bicyclic) bond motifs is 1. The minimum atomic E-state index is -3.55. The second-order valence-corrected chi connectivity index (χ2v) is 12.0. The van der Waals surface area contributed by atoms with E-state index in [0.717, 1.165) is 25.6 Å². The molecule has 4 rings (SSSR count). The molecule has 1 amide bonds. The number of sulfonamides is 1. The van der Waals surface area contributed by atoms with Gasteiger partial charge in [0.05, 0.1) is 15.5 Å². The molecule has 1 unspecified atom stereocenters. The zero-order chi connectivity index (χ0) is 25.2. The van der Waals surface area contributed by atoms with Crippen LogP contribution in [-0.2, 0) is 14.8 Å². The van der Waals surface area contributed by atoms with Crippen LogP contribution in [0.3, 0.4) is 0 Å². The lowest BCUT2D eigenvalue weighted by molar-refractivity contribution is -0.115. The van der Waals surface area contributed by atoms with E-state index >= 15 is 0 Å². The highest BCUT2D eigenvalue weighted by molar-refractivity contribution is 8.00. The summed E-state index contributed by atoms with van der Waals surface area (Å²) in [6.45, 7) is 1.91. The molecule has 0 bridgehead atoms. The molecule has 2 aromatic carbocycles. The smallest absolute Gasteiger partial charge is 0.242 e. The molecule has 0 saturated heterocycles. The maximum Gasteiger partial charge on any atom is 0.242 e. The standard InChI is InChI=1S/C24H23FN4O3S3/c1-4-20(22(30)28-17-9-11-18(12-10-17)35(31,32)29(2)3)34-24-21-19(13-33-23(21)26-14-27-24)15-5-7-16(25)8-6-15/h5-14,20H,4H2,1-3H3,(H,28,30). The van der Waals surface area contributed by atoms with Gasteiger partial charge < -0.3 is 5.32 Å². The average Bonchev–Trinajstić information content (AvgIpc) is 3.28. The first kappa shape index (κ1) is 25.2. The number of carbonyl (C=O) groups excluding carboxylic acids is 1. The number of thioether (sulfide) groups is 1. The van der Waals surface area contributed by atoms with Gasteiger partial charge in [0.2, 0.25) is 15.9 Å². The average molecular weight is 531 g/mol. The van der Waals surface area contributed by atoms with E-state index in [2.05, 4.69) is 15.3 Å². The fraction of sp³-hybridized carbons (Fsp3) is 0.208. The van der Waals surface area contributed by atoms with Crippen LogP contribution < -0.4 is 5.32 Å². The first-order valence-electron chi connectivity index (χ1n) is 10.7. The summed E-state index contributed by atoms with van der Waals surface area (Å²) in [7, 11) is -0.615. The van der Waals surface area contributed by atoms with Gasteiger partial charge in [0.15, 0.2) is 0 Å². The minimum absolute atomic E-state index is 0.149. The molecule has 2 heterocycles. The molecule has 4 aromatic rings. The fourth-order valence-corrected chi connectivity index (χ4v) is 6.30. The molecule has 2 aromatic heterocycles. The van der Waals surface area contributed by atoms with Gasteiger partial charge in [-0.15, -0.1) is 11.3 Å². The Hall–Kier alpha value is -2.86. The summed E-state index contributed by atoms with van der Waals surface area (Å²) < 4.78 is 39.1. The summed E-state index contributed by atoms with van der Waals surface area (Å²) in [5, 5.41) is 5.88. The number of benzene rings is 2. The molecule has 1 atom stereocenters. The lowest BCUT2D eigenvalue weighted by atomic mass is 10.1. The van der Waals surface area contributed by atoms with E-state index in [9.17, 15) is 17.6 Å². The van der Waals surface area contributed by atoms with Crippen LogP contribution in [0.5, 0.6) is 0 Å². The molecular weight excluding hydrogens is 507 g/mol. The van der Waals surface area contributed by atoms with Crippen molar-refractivity contribution in [1.29, 1.82) is 0 Å². The molecule has 0 aliphatic heterocycles. The molecule has 0 radical (unpaired) electrons. The van der Waals surface area contributed by atoms with Crippen LogP contribution >= 0.6 is 23.1 Å². The van der Waals surface area contributed by atoms with Crippen molar-refractivity contribution in [2.24, 2.45) is 0 Å². The van der Waals surface area contributed by atoms with Crippen molar-refractivity contribution in [1.82, 2.24) is 14.3 Å². The van der Waals surface area contributed by atoms with Crippen molar-refractivity contribution in [3.05, 3.63) is 66.1 Å². The highest BCUT2D eigenvalue weighted by atomic mass is 32.2. The normalized spacial score (nSPS) is 12.7. The third-order valence-corrected chi connectivity index (χ3v) is 9.39. The second-order valence-electron chi connectivity index (χ2n) is 7.83. The summed E-state index contributed by atoms with van der Waals surface area (Å²) in [4.78, 5) is 22.8. The van der Waals surface area contributed by atoms with Gasteiger partial charge >= 0.3 is 0 Å². The number of hydrogen-bond acceptors (Lipinski definition) is 7. The Labute approximate surface area is 211 Å². The van der Waals surface area contributed by atoms with E-state index < -0.39 is 15.3 Å². The first-order valence-corrected chi connectivity index (χ1v) is 13.9. The summed E-state index contributed by atoms with van der Waals surface area (Å²) in [5.74, 6) is -0.528. The fourth-order valence-electron chi connectivity index (χ4n) is 3.38. The van der Waals surface area contributed by atoms with Gasteiger partial charge in [0.25, 0.3) is 0 Å². The maximum absolute atomic E-state index is 13.4. The quantitative estimate of drug-likeness (QED) is 0.247. The number of thiophene rings is 1. The van der Waals surface area contributed by atoms with E-state index in [1.165, 1.54) is 67.8 Å². The zero-order valence-corrected chi connectivity index (χ0v) is 21.7. The molecule has 0 aliphatic carbocycles. The van der Waals surface area contributed by atoms with Crippen LogP contribution in [0.25, 0.3) is 21.3 Å². The SMILES string of the molecule is CCC(Sc1ncnc2scc(-c3ccc(F)cc3)c12)C(=O)Nc1ccc(S(=O)(=O)N(C)C)cc1. The topological polar surface area (TPSA) is 92.3 Å². The third-order valence-electron chi connectivity index (χ3n) is 5.31. The van der Waals surface area contributed by atoms with Crippen LogP contribution in [0, 0.1) is 5.82 Å². The molecule has 0 spiro atoms. The Bertz CT molecular complexity index is 1450. The summed E-state index contributed by atoms with van der Waals surface area (Å²) in [5.41, 5.74) is 2.24. The van der Waals surface area contributed by atoms with E-state index in [1.54, 1.807) is 24.3 Å². The molecule has 7 nitrogen and oxygen atoms in total. The molecule has 0 fully saturated rings. The van der Waals surface area contributed by atoms with E-state index in [-0.39, 0.29) is 16.6 Å². The van der Waals surface area contributed by atoms with Crippen molar-refractivity contribution >= 4 is 54.9 Å². The van der Waals surface area contributed by atoms with Gasteiger partial charge in [-0.25, -0.2) is 27.1 Å². The number of anilines is 1. The first-order chi connectivity index (χ1) is 16.7. The number of halogens is 1. The number of nitrogens with zero attached hydrogens (tertiary/aromatic N) is 3. The van der Waals surface area contributed by atoms with Crippen LogP contribution in [0.2, 0.25) is 0 Å². The number of carbonyl (C=O) groups is 1. The van der Waals surface area contributed by atoms with Gasteiger partial charge in [0.1, 0.15) is 22.0 Å². The van der Waals surface area contributed by atoms with Crippen molar-refractivity contribution in [2.75, 3.05) is 19.4 Å². The highest BCUT2D eigenvalue weighted by Crippen LogP contribution is 2.39. The Kier molecular flexibility index (Phi) is 7.50. The Morgan fingerprint density at radius 3 is 2.43 bits per heavy atom. The molecule has 11 heteroatoms. The van der Waals surface area contributed by atoms with Gasteiger partial charge in [-0.1, -0.05) is 30.8 Å². The zero-order valence-electron chi connectivity index (χ0n) is 19.2. The predicted molar refractivity (Wildman–Crippen MR) is 139 cm³/mol. The lowest BCUT2D eigenvalue weighted by Crippen LogP contribution is -2.25. The minimum Gasteiger partial charge on any atom is -0.325 e. The number of amides is 1. The van der Waals surface area contributed by atoms with Crippen molar-refractivity contribution in [3.63, 3.8) is 0 Å². The Balaban J connectivity index is 1.56. The predicted octanol–water partition coefficient (Wildman–Crippen LogP) is 5.26. The number of aromatic nitrogens is 2. The number of hydrogen-bond donors (Lipinski definition) is 1. The van der Waals surface area contributed by atoms with E-state index in [4.69, 9.17) is 0 Å². The molecule has 35 heavy (non-hydrogen) atoms. The third kappa shape index (κ3) is 5.37. The van der Waals surface area contributed by atoms with E-state index in [1.807, 2.05) is 12.3 Å². The van der Waals surface area contributed by atoms with Crippen molar-refractivity contribution < 1.29 is 17.6 Å². The molecular formula is C24H23FN4O3S3. The van der Waals surface area contributed by atoms with E-state index in [0.29, 0.717) is 17.1 Å². The second kappa shape index (κ2) is 10.4. The monoisotopic (exact) mass is 530 g/mol. The van der Waals surface area contributed by atoms with Gasteiger partial charge in [0, 0.05) is 30.7 Å². The lowest BCUT2D eigenvalue weighted by Gasteiger charge is -2.16. The van der Waals surface area contributed by atoms with Crippen LogP contribution in [0.15, 0.2) is 70.2 Å². The molecule has 182 valence electrons. The molecule has 0 saturated carbocycles. The highest BCUT2D eigenvalue weighted by Gasteiger charge is 2.23. The Morgan fingerprint density at radius 2 is 1.80 bits per heavy atom. The molecule has 0 aliphatic rings. The largest absolute Gasteiger partial charge is 0.325 e. The Morgan fingerprint density at radius 1 is 1.11 bits per heavy atom. The summed E-state index contributed by atoms with van der Waals surface area (Å²) in [6, 6.07) is 12.3. The van der Waals surface area contributed by atoms with Gasteiger partial charge in [-0.05, 0) is 48.4 Å². The molecule has 1 N–H and O–H groups in total. The van der Waals surface area contributed by atoms with Crippen molar-refractivity contribution in [3.8, 4) is 11.1 Å². The van der Waals surface area contributed by atoms with Gasteiger partial charge in [-0.2, -0.15) is 0 Å². The van der Waals surface area contributed by atoms with Crippen molar-refractivity contribution in [2.45, 2.75) is 28.5 Å². The van der Waals surface area contributed by atoms with Crippen LogP contribution in [-0.4, -0.2) is 47.9 Å². The summed E-state index contributed by atoms with van der Waals surface area (Å²) >= 11 is 2.81. The van der Waals surface area contributed by atoms with Gasteiger partial charge in [-0.3, -0.25) is 4.79 Å². The van der Waals surface area contributed by atoms with Crippen LogP contribution in [0.1, 0.15) is 13.3 Å². The maximum atomic E-state index is 13.4.